The summed E-state index contributed by atoms with van der Waals surface area (Å²) in [5.74, 6) is 4.06. The molecule has 0 bridgehead atoms. The van der Waals surface area contributed by atoms with E-state index in [0.717, 1.165) is 214 Å². The molecule has 21 heteroatoms. The van der Waals surface area contributed by atoms with Crippen LogP contribution in [0.2, 0.25) is 72.5 Å². The molecule has 0 aromatic heterocycles. The molecule has 0 saturated carbocycles. The summed E-state index contributed by atoms with van der Waals surface area (Å²) < 4.78 is 34.6. The smallest absolute Gasteiger partial charge is 0.250 e. The average molecular weight is 2450 g/mol. The summed E-state index contributed by atoms with van der Waals surface area (Å²) in [5, 5.41) is 54.9. The first-order chi connectivity index (χ1) is 58.0. The van der Waals surface area contributed by atoms with E-state index < -0.39 is 33.3 Å². The molecule has 0 atom stereocenters. The van der Waals surface area contributed by atoms with Gasteiger partial charge in [-0.3, -0.25) is 0 Å². The SMILES string of the molecule is CC(C)(C)[Si](C)(C)Oc1c(Br)cc2c(c1-c1c([O-])c(Br)cc3c1CCCC3)CCCC2.CC(C)(C)[Si](C)(C)Oc1c(Br)cc2c(c1-c1c([O-])c(Br)cc3c1CCCC3)CCCC2.CC(C)(C)[Si](C)(C)Oc1c(Br)cc2c(c1-c1c([O-])c(Br)cc3c1CCCC3)CCCC2.CC(C)(C)[Si](C)(C)Oc1c(Br)cc2c(c1-c1c([O-])c(Br)cc3c1CCCC3)CCCC2.[W]. The molecule has 0 radical (unpaired) electrons. The van der Waals surface area contributed by atoms with Crippen molar-refractivity contribution in [3.63, 3.8) is 0 Å². The summed E-state index contributed by atoms with van der Waals surface area (Å²) in [6.45, 7) is 45.5. The van der Waals surface area contributed by atoms with E-state index in [-0.39, 0.29) is 64.2 Å². The van der Waals surface area contributed by atoms with Crippen molar-refractivity contribution in [2.24, 2.45) is 0 Å². The molecular weight excluding hydrogens is 2310 g/mol. The number of hydrogen-bond acceptors (Lipinski definition) is 8. The van der Waals surface area contributed by atoms with Crippen LogP contribution in [0.4, 0.5) is 0 Å². The molecular formula is C104H132Br8O8Si4W-4. The standard InChI is InChI=1S/4C26H34Br2O2Si.W/c4*1-26(2,3)31(4,5)30-25-21(28)15-17-11-7-9-13-19(17)23(25)22-18-12-8-6-10-16(18)14-20(27)24(22)29;/h4*14-15,29H,6-13H2,1-5H3;/p-4. The van der Waals surface area contributed by atoms with Crippen LogP contribution < -0.4 is 38.1 Å². The van der Waals surface area contributed by atoms with Gasteiger partial charge in [0.25, 0.3) is 33.3 Å². The van der Waals surface area contributed by atoms with Crippen LogP contribution in [0.1, 0.15) is 275 Å². The maximum atomic E-state index is 13.6. The quantitative estimate of drug-likeness (QED) is 0.111. The fraction of sp³-hybridized carbons (Fsp3) is 0.538. The van der Waals surface area contributed by atoms with Gasteiger partial charge < -0.3 is 38.1 Å². The van der Waals surface area contributed by atoms with Crippen molar-refractivity contribution < 1.29 is 59.2 Å². The van der Waals surface area contributed by atoms with Crippen molar-refractivity contribution in [1.29, 1.82) is 0 Å². The summed E-state index contributed by atoms with van der Waals surface area (Å²) in [5.41, 5.74) is 29.1. The minimum Gasteiger partial charge on any atom is -0.871 e. The van der Waals surface area contributed by atoms with Gasteiger partial charge in [0.15, 0.2) is 0 Å². The molecule has 0 spiro atoms. The van der Waals surface area contributed by atoms with Crippen LogP contribution in [0.15, 0.2) is 84.3 Å². The maximum Gasteiger partial charge on any atom is 0.250 e. The molecule has 16 rings (SSSR count). The minimum atomic E-state index is -2.10. The van der Waals surface area contributed by atoms with Crippen LogP contribution in [0.5, 0.6) is 46.0 Å². The zero-order chi connectivity index (χ0) is 90.2. The Labute approximate surface area is 835 Å². The second kappa shape index (κ2) is 40.2. The van der Waals surface area contributed by atoms with Gasteiger partial charge in [-0.1, -0.05) is 170 Å². The van der Waals surface area contributed by atoms with Crippen LogP contribution in [0, 0.1) is 0 Å². The van der Waals surface area contributed by atoms with E-state index in [1.807, 2.05) is 0 Å². The molecule has 125 heavy (non-hydrogen) atoms. The van der Waals surface area contributed by atoms with Crippen LogP contribution in [-0.2, 0) is 124 Å². The first-order valence-electron chi connectivity index (χ1n) is 46.2. The van der Waals surface area contributed by atoms with Crippen molar-refractivity contribution in [3.05, 3.63) is 173 Å². The van der Waals surface area contributed by atoms with Gasteiger partial charge in [-0.15, -0.1) is 0 Å². The van der Waals surface area contributed by atoms with Crippen LogP contribution in [0.25, 0.3) is 44.5 Å². The largest absolute Gasteiger partial charge is 0.871 e. The van der Waals surface area contributed by atoms with Gasteiger partial charge in [0.2, 0.25) is 0 Å². The zero-order valence-electron chi connectivity index (χ0n) is 77.9. The normalized spacial score (nSPS) is 16.5. The molecule has 0 amide bonds. The number of halogens is 8. The summed E-state index contributed by atoms with van der Waals surface area (Å²) in [6, 6.07) is 17.3. The molecule has 8 aliphatic carbocycles. The second-order valence-electron chi connectivity index (χ2n) is 42.7. The van der Waals surface area contributed by atoms with Crippen molar-refractivity contribution in [2.45, 2.75) is 361 Å². The number of hydrogen-bond donors (Lipinski definition) is 0. The van der Waals surface area contributed by atoms with E-state index in [1.165, 1.54) is 166 Å². The van der Waals surface area contributed by atoms with E-state index >= 15 is 0 Å². The van der Waals surface area contributed by atoms with E-state index in [9.17, 15) is 20.4 Å². The van der Waals surface area contributed by atoms with Crippen molar-refractivity contribution in [2.75, 3.05) is 0 Å². The van der Waals surface area contributed by atoms with Crippen LogP contribution in [0.3, 0.4) is 0 Å². The molecule has 8 aromatic carbocycles. The Morgan fingerprint density at radius 2 is 0.328 bits per heavy atom. The molecule has 0 N–H and O–H groups in total. The Kier molecular flexibility index (Phi) is 32.7. The number of benzene rings is 8. The van der Waals surface area contributed by atoms with Crippen LogP contribution >= 0.6 is 127 Å². The second-order valence-corrected chi connectivity index (χ2v) is 68.4. The van der Waals surface area contributed by atoms with E-state index in [1.54, 1.807) is 0 Å². The number of fused-ring (bicyclic) bond motifs is 8. The fourth-order valence-corrected chi connectivity index (χ4v) is 27.8. The van der Waals surface area contributed by atoms with Gasteiger partial charge >= 0.3 is 0 Å². The van der Waals surface area contributed by atoms with Crippen LogP contribution in [-0.4, -0.2) is 33.3 Å². The first kappa shape index (κ1) is 102. The first-order valence-corrected chi connectivity index (χ1v) is 64.2. The van der Waals surface area contributed by atoms with Gasteiger partial charge in [0.1, 0.15) is 23.0 Å². The zero-order valence-corrected chi connectivity index (χ0v) is 97.6. The molecule has 8 aromatic rings. The van der Waals surface area contributed by atoms with Gasteiger partial charge in [-0.2, -0.15) is 0 Å². The number of aryl methyl sites for hydroxylation is 8. The predicted octanol–water partition coefficient (Wildman–Crippen LogP) is 32.4. The summed E-state index contributed by atoms with van der Waals surface area (Å²) >= 11 is 29.9. The summed E-state index contributed by atoms with van der Waals surface area (Å²) in [6.07, 6.45) is 35.4. The topological polar surface area (TPSA) is 129 Å². The summed E-state index contributed by atoms with van der Waals surface area (Å²) in [4.78, 5) is 0. The summed E-state index contributed by atoms with van der Waals surface area (Å²) in [7, 11) is -8.39. The molecule has 8 nitrogen and oxygen atoms in total. The number of rotatable bonds is 12. The monoisotopic (exact) mass is 2440 g/mol. The third-order valence-electron chi connectivity index (χ3n) is 30.1. The molecule has 0 unspecified atom stereocenters. The Morgan fingerprint density at radius 1 is 0.208 bits per heavy atom. The fourth-order valence-electron chi connectivity index (χ4n) is 18.9. The van der Waals surface area contributed by atoms with Gasteiger partial charge in [-0.05, 0) is 502 Å². The molecule has 0 heterocycles. The van der Waals surface area contributed by atoms with Gasteiger partial charge in [0, 0.05) is 61.2 Å². The van der Waals surface area contributed by atoms with Crippen molar-refractivity contribution >= 4 is 161 Å². The Bertz CT molecular complexity index is 4750. The van der Waals surface area contributed by atoms with E-state index in [4.69, 9.17) is 17.7 Å². The Balaban J connectivity index is 0.000000151. The van der Waals surface area contributed by atoms with Crippen molar-refractivity contribution in [3.8, 4) is 90.5 Å². The van der Waals surface area contributed by atoms with Gasteiger partial charge in [0.05, 0.1) is 17.9 Å². The third-order valence-corrected chi connectivity index (χ3v) is 52.1. The molecule has 678 valence electrons. The predicted molar refractivity (Wildman–Crippen MR) is 551 cm³/mol. The minimum absolute atomic E-state index is 0. The van der Waals surface area contributed by atoms with E-state index in [0.29, 0.717) is 17.9 Å². The van der Waals surface area contributed by atoms with E-state index in [2.05, 4.69) is 311 Å². The van der Waals surface area contributed by atoms with Gasteiger partial charge in [-0.25, -0.2) is 0 Å². The Hall–Kier alpha value is -2.44. The maximum absolute atomic E-state index is 13.6. The van der Waals surface area contributed by atoms with Crippen molar-refractivity contribution in [1.82, 2.24) is 0 Å². The molecule has 0 saturated heterocycles. The molecule has 0 aliphatic heterocycles. The Morgan fingerprint density at radius 3 is 0.464 bits per heavy atom. The third kappa shape index (κ3) is 21.3. The molecule has 8 aliphatic rings. The average Bonchev–Trinajstić information content (AvgIpc) is 0.750. The molecule has 0 fully saturated rings.